The normalized spacial score (nSPS) is 24.5. The minimum Gasteiger partial charge on any atom is -0.391 e. The van der Waals surface area contributed by atoms with Gasteiger partial charge in [0.1, 0.15) is 11.9 Å². The number of rotatable bonds is 11. The lowest BCUT2D eigenvalue weighted by atomic mass is 9.73. The van der Waals surface area contributed by atoms with Gasteiger partial charge in [0.15, 0.2) is 0 Å². The van der Waals surface area contributed by atoms with Crippen LogP contribution in [0.2, 0.25) is 0 Å². The Morgan fingerprint density at radius 3 is 2.47 bits per heavy atom. The van der Waals surface area contributed by atoms with Crippen molar-refractivity contribution in [2.24, 2.45) is 17.8 Å². The first kappa shape index (κ1) is 27.1. The molecule has 6 nitrogen and oxygen atoms in total. The fourth-order valence-corrected chi connectivity index (χ4v) is 6.17. The second kappa shape index (κ2) is 12.3. The topological polar surface area (TPSA) is 95.5 Å². The third-order valence-electron chi connectivity index (χ3n) is 6.29. The molecule has 1 saturated carbocycles. The van der Waals surface area contributed by atoms with E-state index in [9.17, 15) is 22.7 Å². The summed E-state index contributed by atoms with van der Waals surface area (Å²) in [5.41, 5.74) is 0. The Labute approximate surface area is 196 Å². The van der Waals surface area contributed by atoms with Gasteiger partial charge in [0.25, 0.3) is 0 Å². The highest BCUT2D eigenvalue weighted by atomic mass is 32.2. The van der Waals surface area contributed by atoms with E-state index < -0.39 is 34.1 Å². The van der Waals surface area contributed by atoms with Gasteiger partial charge in [-0.2, -0.15) is 0 Å². The van der Waals surface area contributed by atoms with Crippen LogP contribution in [0.3, 0.4) is 0 Å². The van der Waals surface area contributed by atoms with Crippen LogP contribution in [0.5, 0.6) is 0 Å². The van der Waals surface area contributed by atoms with Crippen molar-refractivity contribution in [3.63, 3.8) is 0 Å². The molecule has 0 radical (unpaired) electrons. The molecule has 3 unspecified atom stereocenters. The first-order valence-corrected chi connectivity index (χ1v) is 14.2. The fraction of sp³-hybridized carbons (Fsp3) is 0.696. The number of halogens is 1. The van der Waals surface area contributed by atoms with Gasteiger partial charge in [-0.25, -0.2) is 17.5 Å². The van der Waals surface area contributed by atoms with Crippen LogP contribution in [0.4, 0.5) is 4.39 Å². The van der Waals surface area contributed by atoms with E-state index in [0.29, 0.717) is 30.6 Å². The zero-order valence-corrected chi connectivity index (χ0v) is 21.0. The second-order valence-corrected chi connectivity index (χ2v) is 12.1. The zero-order valence-electron chi connectivity index (χ0n) is 19.4. The quantitative estimate of drug-likeness (QED) is 0.414. The predicted octanol–water partition coefficient (Wildman–Crippen LogP) is 3.55. The van der Waals surface area contributed by atoms with Crippen molar-refractivity contribution in [3.8, 4) is 0 Å². The van der Waals surface area contributed by atoms with Gasteiger partial charge in [0.2, 0.25) is 15.9 Å². The second-order valence-electron chi connectivity index (χ2n) is 9.19. The van der Waals surface area contributed by atoms with Crippen LogP contribution < -0.4 is 10.0 Å². The van der Waals surface area contributed by atoms with Crippen molar-refractivity contribution in [1.82, 2.24) is 10.0 Å². The summed E-state index contributed by atoms with van der Waals surface area (Å²) in [6.45, 7) is 6.38. The number of hydrogen-bond donors (Lipinski definition) is 3. The molecule has 0 spiro atoms. The summed E-state index contributed by atoms with van der Waals surface area (Å²) in [5, 5.41) is 13.7. The van der Waals surface area contributed by atoms with Crippen LogP contribution in [0.15, 0.2) is 29.2 Å². The molecule has 0 aromatic heterocycles. The number of carbonyl (C=O) groups excluding carboxylic acids is 1. The van der Waals surface area contributed by atoms with Crippen LogP contribution in [0.25, 0.3) is 0 Å². The van der Waals surface area contributed by atoms with Gasteiger partial charge in [-0.05, 0) is 67.7 Å². The number of nitrogens with one attached hydrogen (secondary N) is 2. The highest BCUT2D eigenvalue weighted by Crippen LogP contribution is 2.36. The summed E-state index contributed by atoms with van der Waals surface area (Å²) in [7, 11) is -3.62. The van der Waals surface area contributed by atoms with Gasteiger partial charge in [-0.1, -0.05) is 27.2 Å². The summed E-state index contributed by atoms with van der Waals surface area (Å²) >= 11 is 1.26. The Balaban J connectivity index is 2.00. The molecule has 3 N–H and O–H groups in total. The van der Waals surface area contributed by atoms with E-state index in [-0.39, 0.29) is 11.6 Å². The smallest absolute Gasteiger partial charge is 0.239 e. The molecule has 1 aliphatic rings. The molecule has 0 bridgehead atoms. The summed E-state index contributed by atoms with van der Waals surface area (Å²) in [4.78, 5) is 13.7. The van der Waals surface area contributed by atoms with Crippen LogP contribution in [0.1, 0.15) is 52.9 Å². The summed E-state index contributed by atoms with van der Waals surface area (Å²) < 4.78 is 39.1. The molecule has 1 amide bonds. The lowest BCUT2D eigenvalue weighted by molar-refractivity contribution is -0.124. The molecule has 1 aromatic rings. The standard InChI is InChI=1S/C23H37FN2O4S2/c1-5-20(22(27)13-17-7-6-15(2)12-16(17)3)25-23(28)21(26-32(4,29)30)14-31-19-10-8-18(24)9-11-19/h8-11,15-17,20-22,26-27H,5-7,12-14H2,1-4H3,(H,25,28)/t15?,16?,17?,20-,21+,22+/m0/s1. The van der Waals surface area contributed by atoms with Gasteiger partial charge < -0.3 is 10.4 Å². The van der Waals surface area contributed by atoms with Crippen molar-refractivity contribution >= 4 is 27.7 Å². The first-order valence-electron chi connectivity index (χ1n) is 11.3. The number of carbonyl (C=O) groups is 1. The van der Waals surface area contributed by atoms with Crippen LogP contribution in [-0.2, 0) is 14.8 Å². The molecule has 0 aliphatic heterocycles. The molecule has 1 aliphatic carbocycles. The summed E-state index contributed by atoms with van der Waals surface area (Å²) in [6, 6.07) is 4.35. The van der Waals surface area contributed by atoms with E-state index in [1.165, 1.54) is 23.9 Å². The molecule has 182 valence electrons. The van der Waals surface area contributed by atoms with Crippen molar-refractivity contribution < 1.29 is 22.7 Å². The van der Waals surface area contributed by atoms with Crippen molar-refractivity contribution in [2.45, 2.75) is 76.0 Å². The number of aliphatic hydroxyl groups is 1. The molecular weight excluding hydrogens is 451 g/mol. The Morgan fingerprint density at radius 1 is 1.25 bits per heavy atom. The molecule has 9 heteroatoms. The van der Waals surface area contributed by atoms with E-state index in [4.69, 9.17) is 0 Å². The van der Waals surface area contributed by atoms with Gasteiger partial charge in [0.05, 0.1) is 18.4 Å². The molecule has 0 heterocycles. The van der Waals surface area contributed by atoms with E-state index >= 15 is 0 Å². The predicted molar refractivity (Wildman–Crippen MR) is 127 cm³/mol. The minimum atomic E-state index is -3.62. The van der Waals surface area contributed by atoms with E-state index in [2.05, 4.69) is 23.9 Å². The van der Waals surface area contributed by atoms with Gasteiger partial charge in [-0.3, -0.25) is 4.79 Å². The first-order chi connectivity index (χ1) is 15.0. The number of sulfonamides is 1. The van der Waals surface area contributed by atoms with E-state index in [0.717, 1.165) is 30.4 Å². The summed E-state index contributed by atoms with van der Waals surface area (Å²) in [5.74, 6) is 0.982. The Kier molecular flexibility index (Phi) is 10.4. The molecule has 1 aromatic carbocycles. The molecule has 32 heavy (non-hydrogen) atoms. The highest BCUT2D eigenvalue weighted by molar-refractivity contribution is 7.99. The Bertz CT molecular complexity index is 835. The van der Waals surface area contributed by atoms with Crippen molar-refractivity contribution in [2.75, 3.05) is 12.0 Å². The fourth-order valence-electron chi connectivity index (χ4n) is 4.44. The molecular formula is C23H37FN2O4S2. The molecule has 0 saturated heterocycles. The number of amides is 1. The molecule has 2 rings (SSSR count). The minimum absolute atomic E-state index is 0.147. The largest absolute Gasteiger partial charge is 0.391 e. The zero-order chi connectivity index (χ0) is 23.9. The van der Waals surface area contributed by atoms with Crippen LogP contribution >= 0.6 is 11.8 Å². The average molecular weight is 489 g/mol. The number of hydrogen-bond acceptors (Lipinski definition) is 5. The van der Waals surface area contributed by atoms with Crippen LogP contribution in [0, 0.1) is 23.6 Å². The van der Waals surface area contributed by atoms with E-state index in [1.807, 2.05) is 6.92 Å². The molecule has 6 atom stereocenters. The number of aliphatic hydroxyl groups excluding tert-OH is 1. The van der Waals surface area contributed by atoms with Crippen LogP contribution in [-0.4, -0.2) is 49.6 Å². The number of thioether (sulfide) groups is 1. The SMILES string of the molecule is CC[C@H](NC(=O)[C@@H](CSc1ccc(F)cc1)NS(C)(=O)=O)[C@H](O)CC1CCC(C)CC1C. The van der Waals surface area contributed by atoms with Gasteiger partial charge in [0, 0.05) is 10.6 Å². The monoisotopic (exact) mass is 488 g/mol. The van der Waals surface area contributed by atoms with E-state index in [1.54, 1.807) is 12.1 Å². The lowest BCUT2D eigenvalue weighted by Crippen LogP contribution is -2.53. The van der Waals surface area contributed by atoms with Crippen molar-refractivity contribution in [3.05, 3.63) is 30.1 Å². The third-order valence-corrected chi connectivity index (χ3v) is 8.11. The van der Waals surface area contributed by atoms with Gasteiger partial charge >= 0.3 is 0 Å². The lowest BCUT2D eigenvalue weighted by Gasteiger charge is -2.35. The number of benzene rings is 1. The Hall–Kier alpha value is -1.16. The Morgan fingerprint density at radius 2 is 1.91 bits per heavy atom. The maximum atomic E-state index is 13.1. The highest BCUT2D eigenvalue weighted by Gasteiger charge is 2.31. The van der Waals surface area contributed by atoms with Gasteiger partial charge in [-0.15, -0.1) is 11.8 Å². The average Bonchev–Trinajstić information content (AvgIpc) is 2.71. The maximum Gasteiger partial charge on any atom is 0.239 e. The molecule has 1 fully saturated rings. The van der Waals surface area contributed by atoms with Crippen molar-refractivity contribution in [1.29, 1.82) is 0 Å². The maximum absolute atomic E-state index is 13.1. The summed E-state index contributed by atoms with van der Waals surface area (Å²) in [6.07, 6.45) is 4.88. The third kappa shape index (κ3) is 9.00.